The number of sulfonamides is 1. The second-order valence-electron chi connectivity index (χ2n) is 7.18. The number of nitrogens with one attached hydrogen (secondary N) is 3. The van der Waals surface area contributed by atoms with Crippen LogP contribution in [0.5, 0.6) is 0 Å². The number of carbonyl (C=O) groups excluding carboxylic acids is 2. The highest BCUT2D eigenvalue weighted by molar-refractivity contribution is 7.89. The van der Waals surface area contributed by atoms with Crippen LogP contribution in [0.25, 0.3) is 5.52 Å². The van der Waals surface area contributed by atoms with Crippen molar-refractivity contribution in [3.05, 3.63) is 82.3 Å². The molecule has 2 aromatic heterocycles. The van der Waals surface area contributed by atoms with Crippen molar-refractivity contribution in [3.63, 3.8) is 0 Å². The molecule has 0 unspecified atom stereocenters. The minimum absolute atomic E-state index is 0.0298. The van der Waals surface area contributed by atoms with Crippen LogP contribution in [0.2, 0.25) is 0 Å². The molecule has 0 aliphatic rings. The predicted molar refractivity (Wildman–Crippen MR) is 120 cm³/mol. The SMILES string of the molecule is [B]C(=O)NCc1ccc2cc(C(=O)NC[C@@H](C)NS(=O)(=O)c3ccccc3)cc(=O)n2c1. The van der Waals surface area contributed by atoms with Gasteiger partial charge >= 0.3 is 0 Å². The second-order valence-corrected chi connectivity index (χ2v) is 8.89. The summed E-state index contributed by atoms with van der Waals surface area (Å²) < 4.78 is 28.6. The van der Waals surface area contributed by atoms with E-state index in [1.807, 2.05) is 0 Å². The largest absolute Gasteiger partial charge is 0.362 e. The van der Waals surface area contributed by atoms with Gasteiger partial charge in [0.05, 0.1) is 4.90 Å². The van der Waals surface area contributed by atoms with E-state index in [1.165, 1.54) is 22.6 Å². The third kappa shape index (κ3) is 5.83. The van der Waals surface area contributed by atoms with Crippen LogP contribution in [-0.2, 0) is 16.6 Å². The van der Waals surface area contributed by atoms with Gasteiger partial charge in [-0.15, -0.1) is 0 Å². The Morgan fingerprint density at radius 3 is 2.47 bits per heavy atom. The first-order chi connectivity index (χ1) is 15.2. The standard InChI is InChI=1S/C21H21BN4O5S/c1-14(25-32(30,31)18-5-3-2-4-6-18)11-23-20(28)16-9-17-8-7-15(12-24-21(22)29)13-26(17)19(27)10-16/h2-10,13-14,25H,11-12H2,1H3,(H,23,28)(H,24,29)/t14-/m1/s1. The highest BCUT2D eigenvalue weighted by Crippen LogP contribution is 2.09. The van der Waals surface area contributed by atoms with E-state index in [4.69, 9.17) is 7.85 Å². The lowest BCUT2D eigenvalue weighted by molar-refractivity contribution is 0.0951. The fourth-order valence-corrected chi connectivity index (χ4v) is 4.28. The van der Waals surface area contributed by atoms with Gasteiger partial charge in [0.1, 0.15) is 0 Å². The molecule has 32 heavy (non-hydrogen) atoms. The van der Waals surface area contributed by atoms with Crippen LogP contribution in [0.4, 0.5) is 4.79 Å². The fraction of sp³-hybridized carbons (Fsp3) is 0.190. The molecular weight excluding hydrogens is 431 g/mol. The summed E-state index contributed by atoms with van der Waals surface area (Å²) in [6, 6.07) is 13.4. The highest BCUT2D eigenvalue weighted by atomic mass is 32.2. The van der Waals surface area contributed by atoms with Crippen molar-refractivity contribution in [2.24, 2.45) is 0 Å². The first-order valence-electron chi connectivity index (χ1n) is 9.70. The van der Waals surface area contributed by atoms with E-state index in [0.29, 0.717) is 11.1 Å². The number of rotatable bonds is 8. The zero-order valence-corrected chi connectivity index (χ0v) is 18.1. The van der Waals surface area contributed by atoms with Gasteiger partial charge in [-0.25, -0.2) is 13.1 Å². The Bertz CT molecular complexity index is 1310. The summed E-state index contributed by atoms with van der Waals surface area (Å²) in [6.07, 6.45) is 1.55. The molecule has 2 heterocycles. The molecule has 2 radical (unpaired) electrons. The number of aromatic nitrogens is 1. The van der Waals surface area contributed by atoms with Crippen LogP contribution in [0.1, 0.15) is 22.8 Å². The van der Waals surface area contributed by atoms with Gasteiger partial charge in [0.2, 0.25) is 17.9 Å². The summed E-state index contributed by atoms with van der Waals surface area (Å²) in [5.41, 5.74) is 0.876. The minimum Gasteiger partial charge on any atom is -0.362 e. The van der Waals surface area contributed by atoms with Crippen molar-refractivity contribution >= 4 is 35.1 Å². The molecule has 1 aromatic carbocycles. The Morgan fingerprint density at radius 2 is 1.78 bits per heavy atom. The summed E-state index contributed by atoms with van der Waals surface area (Å²) in [6.45, 7) is 1.82. The van der Waals surface area contributed by atoms with Gasteiger partial charge in [-0.05, 0) is 36.8 Å². The number of hydrogen-bond donors (Lipinski definition) is 3. The molecule has 0 fully saturated rings. The maximum absolute atomic E-state index is 12.5. The van der Waals surface area contributed by atoms with Crippen molar-refractivity contribution in [1.82, 2.24) is 19.8 Å². The first-order valence-corrected chi connectivity index (χ1v) is 11.2. The minimum atomic E-state index is -3.71. The monoisotopic (exact) mass is 452 g/mol. The topological polar surface area (TPSA) is 126 Å². The van der Waals surface area contributed by atoms with Crippen molar-refractivity contribution < 1.29 is 18.0 Å². The zero-order valence-electron chi connectivity index (χ0n) is 17.2. The molecule has 0 saturated heterocycles. The van der Waals surface area contributed by atoms with Gasteiger partial charge in [0.15, 0.2) is 5.81 Å². The molecule has 2 amide bonds. The van der Waals surface area contributed by atoms with Gasteiger partial charge in [0, 0.05) is 42.5 Å². The Labute approximate surface area is 186 Å². The van der Waals surface area contributed by atoms with E-state index in [9.17, 15) is 22.8 Å². The summed E-state index contributed by atoms with van der Waals surface area (Å²) in [7, 11) is 1.34. The maximum Gasteiger partial charge on any atom is 0.255 e. The van der Waals surface area contributed by atoms with E-state index in [1.54, 1.807) is 49.5 Å². The summed E-state index contributed by atoms with van der Waals surface area (Å²) in [5, 5.41) is 5.07. The average Bonchev–Trinajstić information content (AvgIpc) is 2.76. The highest BCUT2D eigenvalue weighted by Gasteiger charge is 2.18. The average molecular weight is 452 g/mol. The second kappa shape index (κ2) is 9.79. The molecule has 3 rings (SSSR count). The van der Waals surface area contributed by atoms with Gasteiger partial charge in [0.25, 0.3) is 11.5 Å². The summed E-state index contributed by atoms with van der Waals surface area (Å²) >= 11 is 0. The molecule has 0 spiro atoms. The van der Waals surface area contributed by atoms with Gasteiger partial charge in [-0.2, -0.15) is 0 Å². The molecule has 164 valence electrons. The normalized spacial score (nSPS) is 12.3. The lowest BCUT2D eigenvalue weighted by Gasteiger charge is -2.15. The number of fused-ring (bicyclic) bond motifs is 1. The van der Waals surface area contributed by atoms with Gasteiger partial charge in [-0.1, -0.05) is 24.3 Å². The van der Waals surface area contributed by atoms with Gasteiger partial charge < -0.3 is 10.6 Å². The molecule has 11 heteroatoms. The van der Waals surface area contributed by atoms with Gasteiger partial charge in [-0.3, -0.25) is 18.8 Å². The van der Waals surface area contributed by atoms with Crippen LogP contribution in [0.15, 0.2) is 70.5 Å². The Kier molecular flexibility index (Phi) is 7.11. The summed E-state index contributed by atoms with van der Waals surface area (Å²) in [4.78, 5) is 36.0. The van der Waals surface area contributed by atoms with Crippen LogP contribution < -0.4 is 20.9 Å². The Balaban J connectivity index is 1.67. The number of carbonyl (C=O) groups is 2. The van der Waals surface area contributed by atoms with Crippen molar-refractivity contribution in [1.29, 1.82) is 0 Å². The van der Waals surface area contributed by atoms with Crippen LogP contribution in [0.3, 0.4) is 0 Å². The Morgan fingerprint density at radius 1 is 1.06 bits per heavy atom. The van der Waals surface area contributed by atoms with E-state index in [-0.39, 0.29) is 23.5 Å². The molecular formula is C21H21BN4O5S. The number of amides is 2. The fourth-order valence-electron chi connectivity index (χ4n) is 3.02. The van der Waals surface area contributed by atoms with Crippen molar-refractivity contribution in [2.75, 3.05) is 6.54 Å². The zero-order chi connectivity index (χ0) is 23.3. The third-order valence-corrected chi connectivity index (χ3v) is 6.17. The number of pyridine rings is 2. The van der Waals surface area contributed by atoms with Crippen LogP contribution in [0, 0.1) is 0 Å². The predicted octanol–water partition coefficient (Wildman–Crippen LogP) is 0.774. The van der Waals surface area contributed by atoms with E-state index in [0.717, 1.165) is 0 Å². The lowest BCUT2D eigenvalue weighted by Crippen LogP contribution is -2.41. The van der Waals surface area contributed by atoms with Crippen LogP contribution >= 0.6 is 0 Å². The Hall–Kier alpha value is -3.44. The van der Waals surface area contributed by atoms with E-state index in [2.05, 4.69) is 15.4 Å². The number of nitrogens with zero attached hydrogens (tertiary/aromatic N) is 1. The smallest absolute Gasteiger partial charge is 0.255 e. The molecule has 3 aromatic rings. The maximum atomic E-state index is 12.5. The van der Waals surface area contributed by atoms with Crippen molar-refractivity contribution in [2.45, 2.75) is 24.4 Å². The molecule has 3 N–H and O–H groups in total. The number of benzene rings is 1. The number of hydrogen-bond acceptors (Lipinski definition) is 5. The third-order valence-electron chi connectivity index (χ3n) is 4.57. The molecule has 0 bridgehead atoms. The van der Waals surface area contributed by atoms with E-state index < -0.39 is 33.3 Å². The first kappa shape index (κ1) is 23.2. The molecule has 0 saturated carbocycles. The molecule has 9 nitrogen and oxygen atoms in total. The van der Waals surface area contributed by atoms with E-state index >= 15 is 0 Å². The van der Waals surface area contributed by atoms with Crippen molar-refractivity contribution in [3.8, 4) is 0 Å². The quantitative estimate of drug-likeness (QED) is 0.436. The molecule has 0 aliphatic carbocycles. The van der Waals surface area contributed by atoms with Crippen LogP contribution in [-0.4, -0.2) is 45.0 Å². The molecule has 1 atom stereocenters. The lowest BCUT2D eigenvalue weighted by atomic mass is 10.1. The molecule has 0 aliphatic heterocycles. The summed E-state index contributed by atoms with van der Waals surface area (Å²) in [5.74, 6) is -1.18.